The summed E-state index contributed by atoms with van der Waals surface area (Å²) in [4.78, 5) is 2.15. The molecule has 0 radical (unpaired) electrons. The summed E-state index contributed by atoms with van der Waals surface area (Å²) in [5.41, 5.74) is 1.55. The van der Waals surface area contributed by atoms with Gasteiger partial charge in [-0.3, -0.25) is 0 Å². The minimum atomic E-state index is -0.152. The topological polar surface area (TPSA) is 3.24 Å². The van der Waals surface area contributed by atoms with E-state index in [2.05, 4.69) is 18.7 Å². The number of rotatable bonds is 8. The van der Waals surface area contributed by atoms with Crippen molar-refractivity contribution in [2.24, 2.45) is 0 Å². The number of nitrogens with zero attached hydrogens (tertiary/aromatic N) is 1. The molecule has 0 atom stereocenters. The highest BCUT2D eigenvalue weighted by Gasteiger charge is 2.11. The van der Waals surface area contributed by atoms with Crippen LogP contribution in [0.25, 0.3) is 0 Å². The zero-order chi connectivity index (χ0) is 13.4. The van der Waals surface area contributed by atoms with E-state index in [1.165, 1.54) is 0 Å². The van der Waals surface area contributed by atoms with Gasteiger partial charge in [0, 0.05) is 19.0 Å². The molecule has 0 aliphatic carbocycles. The van der Waals surface area contributed by atoms with Crippen molar-refractivity contribution < 1.29 is 4.39 Å². The predicted octanol–water partition coefficient (Wildman–Crippen LogP) is 4.97. The molecule has 0 saturated heterocycles. The van der Waals surface area contributed by atoms with Gasteiger partial charge in [0.15, 0.2) is 0 Å². The number of benzene rings is 1. The minimum Gasteiger partial charge on any atom is -0.369 e. The van der Waals surface area contributed by atoms with E-state index in [0.29, 0.717) is 11.6 Å². The van der Waals surface area contributed by atoms with Gasteiger partial charge in [0.05, 0.1) is 5.69 Å². The van der Waals surface area contributed by atoms with E-state index in [1.807, 2.05) is 12.1 Å². The van der Waals surface area contributed by atoms with Gasteiger partial charge < -0.3 is 4.90 Å². The summed E-state index contributed by atoms with van der Waals surface area (Å²) in [5, 5.41) is 0. The van der Waals surface area contributed by atoms with E-state index < -0.39 is 0 Å². The monoisotopic (exact) mass is 271 g/mol. The molecule has 3 heteroatoms. The molecule has 18 heavy (non-hydrogen) atoms. The van der Waals surface area contributed by atoms with Gasteiger partial charge in [-0.15, -0.1) is 11.6 Å². The molecule has 0 aliphatic rings. The smallest absolute Gasteiger partial charge is 0.146 e. The molecule has 0 bridgehead atoms. The Hall–Kier alpha value is -0.760. The molecule has 0 fully saturated rings. The summed E-state index contributed by atoms with van der Waals surface area (Å²) in [5.74, 6) is 0.210. The number of hydrogen-bond acceptors (Lipinski definition) is 1. The van der Waals surface area contributed by atoms with Crippen molar-refractivity contribution in [2.75, 3.05) is 18.0 Å². The summed E-state index contributed by atoms with van der Waals surface area (Å²) in [7, 11) is 0. The third kappa shape index (κ3) is 4.49. The second-order valence-corrected chi connectivity index (χ2v) is 4.88. The molecule has 0 spiro atoms. The molecular formula is C15H23ClFN. The van der Waals surface area contributed by atoms with Gasteiger partial charge in [-0.1, -0.05) is 32.8 Å². The first-order valence-electron chi connectivity index (χ1n) is 6.82. The standard InChI is InChI=1S/C15H23ClFN/c1-3-5-9-18(10-6-4-2)15-8-7-13(12-16)11-14(15)17/h7-8,11H,3-6,9-10,12H2,1-2H3. The van der Waals surface area contributed by atoms with Crippen LogP contribution in [-0.2, 0) is 5.88 Å². The van der Waals surface area contributed by atoms with Crippen LogP contribution in [0.15, 0.2) is 18.2 Å². The van der Waals surface area contributed by atoms with Crippen LogP contribution in [0.5, 0.6) is 0 Å². The lowest BCUT2D eigenvalue weighted by Gasteiger charge is -2.25. The highest BCUT2D eigenvalue weighted by Crippen LogP contribution is 2.22. The van der Waals surface area contributed by atoms with E-state index in [-0.39, 0.29) is 5.82 Å². The molecule has 1 aromatic carbocycles. The van der Waals surface area contributed by atoms with Crippen molar-refractivity contribution in [1.82, 2.24) is 0 Å². The van der Waals surface area contributed by atoms with Gasteiger partial charge in [-0.05, 0) is 30.5 Å². The fourth-order valence-electron chi connectivity index (χ4n) is 1.94. The molecule has 0 unspecified atom stereocenters. The molecular weight excluding hydrogens is 249 g/mol. The van der Waals surface area contributed by atoms with E-state index in [4.69, 9.17) is 11.6 Å². The Bertz CT molecular complexity index is 346. The largest absolute Gasteiger partial charge is 0.369 e. The molecule has 0 aromatic heterocycles. The highest BCUT2D eigenvalue weighted by molar-refractivity contribution is 6.17. The fraction of sp³-hybridized carbons (Fsp3) is 0.600. The van der Waals surface area contributed by atoms with E-state index >= 15 is 0 Å². The predicted molar refractivity (Wildman–Crippen MR) is 78.0 cm³/mol. The minimum absolute atomic E-state index is 0.152. The number of unbranched alkanes of at least 4 members (excludes halogenated alkanes) is 2. The van der Waals surface area contributed by atoms with Crippen LogP contribution < -0.4 is 4.90 Å². The first-order valence-corrected chi connectivity index (χ1v) is 7.35. The average molecular weight is 272 g/mol. The van der Waals surface area contributed by atoms with Crippen molar-refractivity contribution >= 4 is 17.3 Å². The number of hydrogen-bond donors (Lipinski definition) is 0. The summed E-state index contributed by atoms with van der Waals surface area (Å²) in [6.45, 7) is 6.16. The highest BCUT2D eigenvalue weighted by atomic mass is 35.5. The molecule has 0 heterocycles. The second-order valence-electron chi connectivity index (χ2n) is 4.61. The van der Waals surface area contributed by atoms with Crippen LogP contribution in [0.3, 0.4) is 0 Å². The summed E-state index contributed by atoms with van der Waals surface area (Å²) in [6, 6.07) is 5.32. The zero-order valence-corrected chi connectivity index (χ0v) is 12.1. The third-order valence-corrected chi connectivity index (χ3v) is 3.38. The maximum atomic E-state index is 14.0. The SMILES string of the molecule is CCCCN(CCCC)c1ccc(CCl)cc1F. The summed E-state index contributed by atoms with van der Waals surface area (Å²) < 4.78 is 14.0. The Balaban J connectivity index is 2.82. The van der Waals surface area contributed by atoms with Crippen molar-refractivity contribution in [1.29, 1.82) is 0 Å². The van der Waals surface area contributed by atoms with Gasteiger partial charge in [0.1, 0.15) is 5.82 Å². The lowest BCUT2D eigenvalue weighted by Crippen LogP contribution is -2.26. The Morgan fingerprint density at radius 3 is 2.17 bits per heavy atom. The summed E-state index contributed by atoms with van der Waals surface area (Å²) in [6.07, 6.45) is 4.45. The van der Waals surface area contributed by atoms with Crippen LogP contribution in [0.2, 0.25) is 0 Å². The molecule has 1 aromatic rings. The van der Waals surface area contributed by atoms with Crippen molar-refractivity contribution in [2.45, 2.75) is 45.4 Å². The van der Waals surface area contributed by atoms with Crippen molar-refractivity contribution in [3.63, 3.8) is 0 Å². The Morgan fingerprint density at radius 1 is 1.11 bits per heavy atom. The number of anilines is 1. The Kier molecular flexibility index (Phi) is 7.11. The Labute approximate surface area is 115 Å². The van der Waals surface area contributed by atoms with Crippen molar-refractivity contribution in [3.05, 3.63) is 29.6 Å². The molecule has 1 rings (SSSR count). The zero-order valence-electron chi connectivity index (χ0n) is 11.4. The quantitative estimate of drug-likeness (QED) is 0.603. The van der Waals surface area contributed by atoms with Crippen LogP contribution >= 0.6 is 11.6 Å². The van der Waals surface area contributed by atoms with Gasteiger partial charge in [0.2, 0.25) is 0 Å². The van der Waals surface area contributed by atoms with Crippen LogP contribution in [0.4, 0.5) is 10.1 Å². The van der Waals surface area contributed by atoms with Gasteiger partial charge >= 0.3 is 0 Å². The summed E-state index contributed by atoms with van der Waals surface area (Å²) >= 11 is 5.72. The average Bonchev–Trinajstić information content (AvgIpc) is 2.39. The maximum Gasteiger partial charge on any atom is 0.146 e. The van der Waals surface area contributed by atoms with Crippen LogP contribution in [0.1, 0.15) is 45.1 Å². The lowest BCUT2D eigenvalue weighted by atomic mass is 10.1. The second kappa shape index (κ2) is 8.36. The normalized spacial score (nSPS) is 10.7. The van der Waals surface area contributed by atoms with Crippen LogP contribution in [0, 0.1) is 5.82 Å². The molecule has 0 aliphatic heterocycles. The van der Waals surface area contributed by atoms with Gasteiger partial charge in [-0.25, -0.2) is 4.39 Å². The first kappa shape index (κ1) is 15.3. The number of halogens is 2. The fourth-order valence-corrected chi connectivity index (χ4v) is 2.11. The molecule has 0 amide bonds. The third-order valence-electron chi connectivity index (χ3n) is 3.07. The van der Waals surface area contributed by atoms with Crippen LogP contribution in [-0.4, -0.2) is 13.1 Å². The van der Waals surface area contributed by atoms with E-state index in [1.54, 1.807) is 6.07 Å². The lowest BCUT2D eigenvalue weighted by molar-refractivity contribution is 0.603. The molecule has 0 saturated carbocycles. The van der Waals surface area contributed by atoms with Crippen molar-refractivity contribution in [3.8, 4) is 0 Å². The van der Waals surface area contributed by atoms with E-state index in [9.17, 15) is 4.39 Å². The first-order chi connectivity index (χ1) is 8.72. The molecule has 0 N–H and O–H groups in total. The number of alkyl halides is 1. The van der Waals surface area contributed by atoms with E-state index in [0.717, 1.165) is 44.3 Å². The maximum absolute atomic E-state index is 14.0. The molecule has 1 nitrogen and oxygen atoms in total. The van der Waals surface area contributed by atoms with Gasteiger partial charge in [0.25, 0.3) is 0 Å². The molecule has 102 valence electrons. The Morgan fingerprint density at radius 2 is 1.72 bits per heavy atom. The van der Waals surface area contributed by atoms with Gasteiger partial charge in [-0.2, -0.15) is 0 Å².